The number of methoxy groups -OCH3 is 2. The van der Waals surface area contributed by atoms with Crippen molar-refractivity contribution in [2.75, 3.05) is 14.2 Å². The Morgan fingerprint density at radius 1 is 0.758 bits per heavy atom. The van der Waals surface area contributed by atoms with Gasteiger partial charge in [-0.25, -0.2) is 0 Å². The van der Waals surface area contributed by atoms with E-state index in [1.807, 2.05) is 12.1 Å². The lowest BCUT2D eigenvalue weighted by Gasteiger charge is -2.28. The summed E-state index contributed by atoms with van der Waals surface area (Å²) in [5.74, 6) is 1.03. The second-order valence-electron chi connectivity index (χ2n) is 8.27. The fourth-order valence-electron chi connectivity index (χ4n) is 4.68. The minimum atomic E-state index is -0.471. The molecule has 7 heteroatoms. The SMILES string of the molecule is COc1ccc(OC)c2cc3c(OC(C)=O)c4c(c(OC(C)=O)c3cc12)CCC(C(C)=O)C4. The van der Waals surface area contributed by atoms with Crippen LogP contribution in [0.2, 0.25) is 0 Å². The normalized spacial score (nSPS) is 15.1. The van der Waals surface area contributed by atoms with E-state index in [2.05, 4.69) is 0 Å². The minimum Gasteiger partial charge on any atom is -0.496 e. The van der Waals surface area contributed by atoms with Crippen molar-refractivity contribution in [2.24, 2.45) is 5.92 Å². The average molecular weight is 450 g/mol. The highest BCUT2D eigenvalue weighted by atomic mass is 16.5. The Kier molecular flexibility index (Phi) is 5.97. The molecule has 0 spiro atoms. The van der Waals surface area contributed by atoms with Gasteiger partial charge < -0.3 is 18.9 Å². The third kappa shape index (κ3) is 3.99. The number of ketones is 1. The lowest BCUT2D eigenvalue weighted by Crippen LogP contribution is -2.23. The summed E-state index contributed by atoms with van der Waals surface area (Å²) < 4.78 is 22.6. The van der Waals surface area contributed by atoms with Crippen LogP contribution in [-0.4, -0.2) is 31.9 Å². The summed E-state index contributed by atoms with van der Waals surface area (Å²) in [6, 6.07) is 7.33. The molecule has 1 atom stereocenters. The van der Waals surface area contributed by atoms with Crippen LogP contribution in [0.3, 0.4) is 0 Å². The van der Waals surface area contributed by atoms with Gasteiger partial charge in [0.1, 0.15) is 28.8 Å². The first-order valence-electron chi connectivity index (χ1n) is 10.8. The van der Waals surface area contributed by atoms with Gasteiger partial charge in [-0.3, -0.25) is 14.4 Å². The van der Waals surface area contributed by atoms with E-state index in [-0.39, 0.29) is 11.7 Å². The molecule has 1 aliphatic rings. The van der Waals surface area contributed by atoms with Crippen LogP contribution in [0.1, 0.15) is 38.3 Å². The van der Waals surface area contributed by atoms with Crippen molar-refractivity contribution in [2.45, 2.75) is 40.0 Å². The van der Waals surface area contributed by atoms with E-state index in [4.69, 9.17) is 18.9 Å². The summed E-state index contributed by atoms with van der Waals surface area (Å²) >= 11 is 0. The van der Waals surface area contributed by atoms with E-state index in [9.17, 15) is 14.4 Å². The highest BCUT2D eigenvalue weighted by molar-refractivity contribution is 6.09. The first kappa shape index (κ1) is 22.6. The number of carbonyl (C=O) groups excluding carboxylic acids is 3. The molecule has 0 amide bonds. The molecule has 7 nitrogen and oxygen atoms in total. The second kappa shape index (κ2) is 8.73. The molecule has 0 aromatic heterocycles. The van der Waals surface area contributed by atoms with E-state index < -0.39 is 11.9 Å². The standard InChI is InChI=1S/C26H26O7/c1-13(27)16-6-7-17-20(10-16)26(33-15(3)29)22-12-19-18(11-21(22)25(17)32-14(2)28)23(30-4)8-9-24(19)31-5/h8-9,11-12,16H,6-7,10H2,1-5H3. The predicted octanol–water partition coefficient (Wildman–Crippen LogP) is 4.55. The van der Waals surface area contributed by atoms with Crippen LogP contribution in [0.4, 0.5) is 0 Å². The van der Waals surface area contributed by atoms with Gasteiger partial charge in [0.25, 0.3) is 0 Å². The Balaban J connectivity index is 2.17. The molecule has 172 valence electrons. The molecule has 0 heterocycles. The largest absolute Gasteiger partial charge is 0.496 e. The Morgan fingerprint density at radius 3 is 1.67 bits per heavy atom. The van der Waals surface area contributed by atoms with Crippen molar-refractivity contribution in [3.05, 3.63) is 35.4 Å². The first-order chi connectivity index (χ1) is 15.7. The maximum absolute atomic E-state index is 12.2. The molecule has 0 aliphatic heterocycles. The number of fused-ring (bicyclic) bond motifs is 3. The third-order valence-corrected chi connectivity index (χ3v) is 6.18. The summed E-state index contributed by atoms with van der Waals surface area (Å²) in [5.41, 5.74) is 1.51. The smallest absolute Gasteiger partial charge is 0.308 e. The number of rotatable bonds is 5. The fourth-order valence-corrected chi connectivity index (χ4v) is 4.68. The van der Waals surface area contributed by atoms with Gasteiger partial charge in [-0.05, 0) is 50.5 Å². The number of Topliss-reactive ketones (excluding diaryl/α,β-unsaturated/α-hetero) is 1. The van der Waals surface area contributed by atoms with Crippen molar-refractivity contribution in [3.63, 3.8) is 0 Å². The minimum absolute atomic E-state index is 0.0773. The van der Waals surface area contributed by atoms with Gasteiger partial charge in [-0.2, -0.15) is 0 Å². The van der Waals surface area contributed by atoms with Gasteiger partial charge >= 0.3 is 11.9 Å². The zero-order valence-corrected chi connectivity index (χ0v) is 19.4. The molecular weight excluding hydrogens is 424 g/mol. The molecule has 4 rings (SSSR count). The summed E-state index contributed by atoms with van der Waals surface area (Å²) in [5, 5.41) is 2.75. The molecule has 0 radical (unpaired) electrons. The number of esters is 2. The number of benzene rings is 3. The van der Waals surface area contributed by atoms with Gasteiger partial charge in [0.2, 0.25) is 0 Å². The summed E-state index contributed by atoms with van der Waals surface area (Å²) in [6.45, 7) is 4.26. The molecule has 0 fully saturated rings. The van der Waals surface area contributed by atoms with Gasteiger partial charge in [0, 0.05) is 52.4 Å². The van der Waals surface area contributed by atoms with E-state index in [1.54, 1.807) is 33.3 Å². The lowest BCUT2D eigenvalue weighted by atomic mass is 9.79. The third-order valence-electron chi connectivity index (χ3n) is 6.18. The molecule has 33 heavy (non-hydrogen) atoms. The lowest BCUT2D eigenvalue weighted by molar-refractivity contribution is -0.133. The quantitative estimate of drug-likeness (QED) is 0.320. The number of hydrogen-bond acceptors (Lipinski definition) is 7. The van der Waals surface area contributed by atoms with Gasteiger partial charge in [0.05, 0.1) is 14.2 Å². The number of hydrogen-bond donors (Lipinski definition) is 0. The van der Waals surface area contributed by atoms with Crippen molar-refractivity contribution >= 4 is 39.3 Å². The van der Waals surface area contributed by atoms with Crippen molar-refractivity contribution in [1.29, 1.82) is 0 Å². The van der Waals surface area contributed by atoms with E-state index in [1.165, 1.54) is 13.8 Å². The maximum Gasteiger partial charge on any atom is 0.308 e. The molecular formula is C26H26O7. The van der Waals surface area contributed by atoms with Gasteiger partial charge in [-0.15, -0.1) is 0 Å². The van der Waals surface area contributed by atoms with Crippen molar-refractivity contribution in [1.82, 2.24) is 0 Å². The van der Waals surface area contributed by atoms with E-state index in [0.717, 1.165) is 21.9 Å². The number of ether oxygens (including phenoxy) is 4. The number of carbonyl (C=O) groups is 3. The molecule has 0 N–H and O–H groups in total. The van der Waals surface area contributed by atoms with Crippen LogP contribution >= 0.6 is 0 Å². The zero-order valence-electron chi connectivity index (χ0n) is 19.4. The molecule has 0 saturated heterocycles. The highest BCUT2D eigenvalue weighted by Gasteiger charge is 2.31. The molecule has 0 bridgehead atoms. The van der Waals surface area contributed by atoms with Crippen LogP contribution in [0, 0.1) is 5.92 Å². The molecule has 3 aromatic rings. The van der Waals surface area contributed by atoms with Crippen LogP contribution in [0.25, 0.3) is 21.5 Å². The van der Waals surface area contributed by atoms with E-state index in [0.29, 0.717) is 53.0 Å². The fraction of sp³-hybridized carbons (Fsp3) is 0.346. The summed E-state index contributed by atoms with van der Waals surface area (Å²) in [4.78, 5) is 36.3. The first-order valence-corrected chi connectivity index (χ1v) is 10.8. The Hall–Kier alpha value is -3.61. The Morgan fingerprint density at radius 2 is 1.24 bits per heavy atom. The van der Waals surface area contributed by atoms with Gasteiger partial charge in [0.15, 0.2) is 0 Å². The maximum atomic E-state index is 12.2. The monoisotopic (exact) mass is 450 g/mol. The van der Waals surface area contributed by atoms with Crippen LogP contribution in [0.15, 0.2) is 24.3 Å². The zero-order chi connectivity index (χ0) is 23.9. The van der Waals surface area contributed by atoms with Crippen LogP contribution < -0.4 is 18.9 Å². The average Bonchev–Trinajstić information content (AvgIpc) is 2.78. The molecule has 1 unspecified atom stereocenters. The Labute approximate surface area is 191 Å². The van der Waals surface area contributed by atoms with E-state index >= 15 is 0 Å². The topological polar surface area (TPSA) is 88.1 Å². The summed E-state index contributed by atoms with van der Waals surface area (Å²) in [6.07, 6.45) is 1.57. The van der Waals surface area contributed by atoms with Gasteiger partial charge in [-0.1, -0.05) is 0 Å². The van der Waals surface area contributed by atoms with Crippen molar-refractivity contribution < 1.29 is 33.3 Å². The highest BCUT2D eigenvalue weighted by Crippen LogP contribution is 2.48. The predicted molar refractivity (Wildman–Crippen MR) is 123 cm³/mol. The summed E-state index contributed by atoms with van der Waals surface area (Å²) in [7, 11) is 3.16. The molecule has 0 saturated carbocycles. The van der Waals surface area contributed by atoms with Crippen LogP contribution in [-0.2, 0) is 27.2 Å². The second-order valence-corrected chi connectivity index (χ2v) is 8.27. The Bertz CT molecular complexity index is 1310. The van der Waals surface area contributed by atoms with Crippen LogP contribution in [0.5, 0.6) is 23.0 Å². The van der Waals surface area contributed by atoms with Crippen molar-refractivity contribution in [3.8, 4) is 23.0 Å². The molecule has 1 aliphatic carbocycles. The molecule has 3 aromatic carbocycles.